The van der Waals surface area contributed by atoms with E-state index < -0.39 is 159 Å². The lowest BCUT2D eigenvalue weighted by atomic mass is 9.89. The zero-order valence-electron chi connectivity index (χ0n) is 41.3. The van der Waals surface area contributed by atoms with E-state index in [4.69, 9.17) is 44.1 Å². The number of carboxylic acids is 1. The SMILES string of the molecule is CC(C)C[C@@H](N)C(=O)N[C@H]1C(=O)N[C@@H](CC(N)=O)C(=O)N[C@H]2C(=O)N[C@H]3C(=O)N[C@H](C(=O)N[C@H](C(=O)O)c4cc(O)cc(O)c4-c4cc3ccc4O)[C@H](O)c3ccc(c(Cl)c3)Oc3cc2cc(c3O)Oc2ccc(cc2Cl)[C@H]1O. The number of aliphatic hydroxyl groups is 2. The van der Waals surface area contributed by atoms with Crippen molar-refractivity contribution >= 4 is 70.5 Å². The number of hydrogen-bond donors (Lipinski definition) is 15. The van der Waals surface area contributed by atoms with Crippen molar-refractivity contribution < 1.29 is 83.6 Å². The van der Waals surface area contributed by atoms with Gasteiger partial charge in [0.25, 0.3) is 0 Å². The topological polar surface area (TPSA) is 421 Å². The van der Waals surface area contributed by atoms with Gasteiger partial charge in [0, 0.05) is 22.8 Å². The van der Waals surface area contributed by atoms with Crippen molar-refractivity contribution in [1.29, 1.82) is 0 Å². The van der Waals surface area contributed by atoms with Crippen LogP contribution in [0, 0.1) is 5.92 Å². The van der Waals surface area contributed by atoms with Crippen LogP contribution in [0.25, 0.3) is 11.1 Å². The number of amides is 7. The minimum atomic E-state index is -2.19. The van der Waals surface area contributed by atoms with Crippen molar-refractivity contribution in [1.82, 2.24) is 31.9 Å². The molecule has 27 heteroatoms. The van der Waals surface area contributed by atoms with Gasteiger partial charge in [-0.3, -0.25) is 33.6 Å². The Morgan fingerprint density at radius 1 is 0.646 bits per heavy atom. The van der Waals surface area contributed by atoms with Crippen molar-refractivity contribution in [3.63, 3.8) is 0 Å². The van der Waals surface area contributed by atoms with Crippen LogP contribution in [0.3, 0.4) is 0 Å². The molecule has 5 aliphatic heterocycles. The number of carboxylic acid groups (broad SMARTS) is 1. The fourth-order valence-electron chi connectivity index (χ4n) is 9.14. The Labute approximate surface area is 456 Å². The van der Waals surface area contributed by atoms with Crippen LogP contribution in [0.5, 0.6) is 46.0 Å². The third-order valence-electron chi connectivity index (χ3n) is 13.0. The second-order valence-electron chi connectivity index (χ2n) is 19.1. The Balaban J connectivity index is 1.36. The number of aromatic hydroxyl groups is 4. The fourth-order valence-corrected chi connectivity index (χ4v) is 9.59. The number of nitrogens with one attached hydrogen (secondary N) is 6. The smallest absolute Gasteiger partial charge is 0.330 e. The van der Waals surface area contributed by atoms with Crippen LogP contribution in [0.4, 0.5) is 0 Å². The van der Waals surface area contributed by atoms with Gasteiger partial charge in [0.2, 0.25) is 47.1 Å². The van der Waals surface area contributed by atoms with E-state index in [1.54, 1.807) is 13.8 Å². The summed E-state index contributed by atoms with van der Waals surface area (Å²) in [5, 5.41) is 92.9. The molecule has 9 atom stereocenters. The summed E-state index contributed by atoms with van der Waals surface area (Å²) in [6, 6.07) is 0.0796. The Morgan fingerprint density at radius 3 is 1.80 bits per heavy atom. The molecule has 0 aliphatic carbocycles. The molecule has 5 heterocycles. The zero-order valence-corrected chi connectivity index (χ0v) is 42.8. The Morgan fingerprint density at radius 2 is 1.22 bits per heavy atom. The van der Waals surface area contributed by atoms with Crippen molar-refractivity contribution in [2.45, 2.75) is 81.2 Å². The first kappa shape index (κ1) is 56.3. The highest BCUT2D eigenvalue weighted by molar-refractivity contribution is 6.32. The lowest BCUT2D eigenvalue weighted by molar-refractivity contribution is -0.143. The minimum absolute atomic E-state index is 0.0958. The first-order valence-corrected chi connectivity index (χ1v) is 24.7. The number of aliphatic hydroxyl groups excluding tert-OH is 2. The maximum absolute atomic E-state index is 15.3. The monoisotopic (exact) mass is 1130 g/mol. The van der Waals surface area contributed by atoms with Gasteiger partial charge < -0.3 is 88.6 Å². The number of hydrogen-bond acceptors (Lipinski definition) is 17. The molecule has 10 rings (SSSR count). The van der Waals surface area contributed by atoms with Gasteiger partial charge in [0.15, 0.2) is 17.5 Å². The maximum Gasteiger partial charge on any atom is 0.330 e. The van der Waals surface area contributed by atoms with E-state index in [0.717, 1.165) is 60.7 Å². The highest BCUT2D eigenvalue weighted by Crippen LogP contribution is 2.47. The number of primary amides is 1. The zero-order chi connectivity index (χ0) is 57.5. The summed E-state index contributed by atoms with van der Waals surface area (Å²) in [6.45, 7) is 3.56. The highest BCUT2D eigenvalue weighted by Gasteiger charge is 2.41. The molecule has 0 aromatic heterocycles. The first-order chi connectivity index (χ1) is 37.3. The van der Waals surface area contributed by atoms with Crippen LogP contribution in [-0.4, -0.2) is 107 Å². The van der Waals surface area contributed by atoms with Crippen LogP contribution >= 0.6 is 23.2 Å². The number of fused-ring (bicyclic) bond motifs is 15. The van der Waals surface area contributed by atoms with E-state index in [0.29, 0.717) is 0 Å². The van der Waals surface area contributed by atoms with Gasteiger partial charge >= 0.3 is 5.97 Å². The van der Waals surface area contributed by atoms with Gasteiger partial charge in [-0.15, -0.1) is 0 Å². The summed E-state index contributed by atoms with van der Waals surface area (Å²) in [7, 11) is 0. The third-order valence-corrected chi connectivity index (χ3v) is 13.6. The summed E-state index contributed by atoms with van der Waals surface area (Å²) in [5.41, 5.74) is 9.36. The molecule has 5 aromatic rings. The van der Waals surface area contributed by atoms with E-state index in [2.05, 4.69) is 31.9 Å². The first-order valence-electron chi connectivity index (χ1n) is 24.0. The van der Waals surface area contributed by atoms with Crippen LogP contribution in [-0.2, 0) is 38.4 Å². The predicted molar refractivity (Wildman–Crippen MR) is 275 cm³/mol. The Kier molecular flexibility index (Phi) is 16.1. The average molecular weight is 1130 g/mol. The number of benzene rings is 5. The molecule has 7 amide bonds. The van der Waals surface area contributed by atoms with E-state index in [1.807, 2.05) is 0 Å². The number of aliphatic carboxylic acids is 1. The summed E-state index contributed by atoms with van der Waals surface area (Å²) in [6.07, 6.45) is -4.95. The Hall–Kier alpha value is -8.88. The highest BCUT2D eigenvalue weighted by atomic mass is 35.5. The van der Waals surface area contributed by atoms with Crippen molar-refractivity contribution in [2.75, 3.05) is 0 Å². The van der Waals surface area contributed by atoms with Gasteiger partial charge in [0.05, 0.1) is 22.5 Å². The van der Waals surface area contributed by atoms with Gasteiger partial charge in [-0.1, -0.05) is 55.2 Å². The van der Waals surface area contributed by atoms with Crippen LogP contribution in [0.1, 0.15) is 84.8 Å². The second-order valence-corrected chi connectivity index (χ2v) is 20.0. The van der Waals surface area contributed by atoms with E-state index in [-0.39, 0.29) is 56.1 Å². The number of rotatable bonds is 7. The molecule has 25 nitrogen and oxygen atoms in total. The van der Waals surface area contributed by atoms with E-state index >= 15 is 4.79 Å². The van der Waals surface area contributed by atoms with Gasteiger partial charge in [-0.25, -0.2) is 4.79 Å². The van der Waals surface area contributed by atoms with Gasteiger partial charge in [-0.05, 0) is 89.2 Å². The number of carbonyl (C=O) groups excluding carboxylic acids is 7. The summed E-state index contributed by atoms with van der Waals surface area (Å²) in [4.78, 5) is 113. The Bertz CT molecular complexity index is 3360. The summed E-state index contributed by atoms with van der Waals surface area (Å²) < 4.78 is 12.2. The summed E-state index contributed by atoms with van der Waals surface area (Å²) >= 11 is 13.4. The average Bonchev–Trinajstić information content (AvgIpc) is 3.49. The quantitative estimate of drug-likeness (QED) is 0.111. The molecule has 0 radical (unpaired) electrons. The lowest BCUT2D eigenvalue weighted by Crippen LogP contribution is -2.59. The number of carbonyl (C=O) groups is 8. The predicted octanol–water partition coefficient (Wildman–Crippen LogP) is 2.13. The molecule has 0 saturated carbocycles. The van der Waals surface area contributed by atoms with Crippen LogP contribution in [0.15, 0.2) is 78.9 Å². The fraction of sp³-hybridized carbons (Fsp3) is 0.269. The normalized spacial score (nSPS) is 22.6. The van der Waals surface area contributed by atoms with E-state index in [9.17, 15) is 69.3 Å². The van der Waals surface area contributed by atoms with Crippen molar-refractivity contribution in [2.24, 2.45) is 17.4 Å². The van der Waals surface area contributed by atoms with Gasteiger partial charge in [0.1, 0.15) is 71.2 Å². The number of ether oxygens (including phenoxy) is 2. The number of phenolic OH excluding ortho intramolecular Hbond substituents is 4. The van der Waals surface area contributed by atoms with Crippen molar-refractivity contribution in [3.8, 4) is 57.1 Å². The summed E-state index contributed by atoms with van der Waals surface area (Å²) in [5.74, 6) is -15.3. The molecule has 5 aromatic carbocycles. The molecule has 414 valence electrons. The molecular formula is C52H50Cl2N8O17. The molecule has 5 aliphatic rings. The number of nitrogens with two attached hydrogens (primary N) is 2. The minimum Gasteiger partial charge on any atom is -0.508 e. The van der Waals surface area contributed by atoms with E-state index in [1.165, 1.54) is 18.2 Å². The molecule has 0 unspecified atom stereocenters. The van der Waals surface area contributed by atoms with Gasteiger partial charge in [-0.2, -0.15) is 0 Å². The standard InChI is InChI=1S/C52H50Cl2N8O17/c1-18(2)9-28(55)46(70)61-41-43(67)20-4-7-32(26(53)11-20)78-34-13-22-14-35(45(34)69)79-33-8-5-21(12-27(33)54)44(68)42-51(75)60-40(52(76)77)25-15-23(63)16-31(65)37(25)24-10-19(3-6-30(24)64)38(48(72)62-42)59-49(73)39(22)58-47(71)29(17-36(56)66)57-50(41)74/h3-8,10-16,18,28-29,38-44,63-65,67-69H,9,17,55H2,1-2H3,(H2,56,66)(H,57,74)(H,58,71)(H,59,73)(H,60,75)(H,61,70)(H,62,72)(H,76,77)/t28-,29+,38-,39-,40+,41-,42+,43-,44-/m1/s1. The largest absolute Gasteiger partial charge is 0.508 e. The molecular weight excluding hydrogens is 1080 g/mol. The molecule has 0 fully saturated rings. The van der Waals surface area contributed by atoms with Crippen LogP contribution < -0.4 is 52.8 Å². The second kappa shape index (κ2) is 22.6. The maximum atomic E-state index is 15.3. The lowest BCUT2D eigenvalue weighted by Gasteiger charge is -2.31. The number of phenols is 4. The number of halogens is 2. The molecule has 0 spiro atoms. The van der Waals surface area contributed by atoms with Crippen molar-refractivity contribution in [3.05, 3.63) is 117 Å². The van der Waals surface area contributed by atoms with Crippen LogP contribution in [0.2, 0.25) is 10.0 Å². The third kappa shape index (κ3) is 11.8. The molecule has 79 heavy (non-hydrogen) atoms. The molecule has 0 saturated heterocycles. The molecule has 17 N–H and O–H groups in total. The molecule has 11 bridgehead atoms.